The van der Waals surface area contributed by atoms with Gasteiger partial charge in [0.1, 0.15) is 23.9 Å². The van der Waals surface area contributed by atoms with Crippen molar-refractivity contribution in [2.45, 2.75) is 46.6 Å². The van der Waals surface area contributed by atoms with Gasteiger partial charge >= 0.3 is 0 Å². The van der Waals surface area contributed by atoms with Gasteiger partial charge in [-0.3, -0.25) is 9.20 Å². The maximum atomic E-state index is 13.9. The van der Waals surface area contributed by atoms with E-state index in [4.69, 9.17) is 10.00 Å². The van der Waals surface area contributed by atoms with Crippen LogP contribution < -0.4 is 4.74 Å². The number of aromatic nitrogens is 2. The van der Waals surface area contributed by atoms with Crippen molar-refractivity contribution in [3.63, 3.8) is 0 Å². The minimum atomic E-state index is -0.683. The van der Waals surface area contributed by atoms with E-state index in [0.717, 1.165) is 12.0 Å². The van der Waals surface area contributed by atoms with Crippen LogP contribution in [-0.4, -0.2) is 15.2 Å². The van der Waals surface area contributed by atoms with E-state index in [2.05, 4.69) is 11.1 Å². The van der Waals surface area contributed by atoms with Gasteiger partial charge < -0.3 is 4.74 Å². The number of halogens is 2. The lowest BCUT2D eigenvalue weighted by Gasteiger charge is -2.12. The molecule has 0 aliphatic heterocycles. The van der Waals surface area contributed by atoms with E-state index in [1.54, 1.807) is 23.6 Å². The molecule has 3 aromatic rings. The summed E-state index contributed by atoms with van der Waals surface area (Å²) in [4.78, 5) is 17.4. The van der Waals surface area contributed by atoms with Gasteiger partial charge in [0, 0.05) is 19.0 Å². The van der Waals surface area contributed by atoms with Gasteiger partial charge in [0.2, 0.25) is 0 Å². The molecule has 5 nitrogen and oxygen atoms in total. The zero-order valence-electron chi connectivity index (χ0n) is 17.2. The van der Waals surface area contributed by atoms with E-state index in [9.17, 15) is 13.6 Å². The fourth-order valence-corrected chi connectivity index (χ4v) is 3.47. The second-order valence-electron chi connectivity index (χ2n) is 7.37. The molecule has 0 radical (unpaired) electrons. The number of aryl methyl sites for hydroxylation is 2. The number of ether oxygens (including phenoxy) is 1. The Morgan fingerprint density at radius 1 is 1.30 bits per heavy atom. The number of carbonyl (C=O) groups is 1. The highest BCUT2D eigenvalue weighted by Crippen LogP contribution is 2.27. The van der Waals surface area contributed by atoms with E-state index < -0.39 is 11.6 Å². The molecule has 0 spiro atoms. The number of carbonyl (C=O) groups excluding carboxylic acids is 1. The molecule has 2 aromatic heterocycles. The zero-order chi connectivity index (χ0) is 21.8. The van der Waals surface area contributed by atoms with Crippen molar-refractivity contribution >= 4 is 11.4 Å². The standard InChI is InChI=1S/C23H23F2N3O2/c1-4-16(8-9-26)11-20(29)22-15(3)27-23-21(10-14(2)12-28(22)23)30-13-17-18(24)6-5-7-19(17)25/h5-7,10,12,16H,4,8,11,13H2,1-3H3. The van der Waals surface area contributed by atoms with Crippen LogP contribution in [0.15, 0.2) is 30.5 Å². The molecule has 0 saturated carbocycles. The molecule has 0 aliphatic carbocycles. The van der Waals surface area contributed by atoms with E-state index in [0.29, 0.717) is 29.2 Å². The van der Waals surface area contributed by atoms with E-state index in [1.165, 1.54) is 18.2 Å². The molecule has 0 N–H and O–H groups in total. The monoisotopic (exact) mass is 411 g/mol. The van der Waals surface area contributed by atoms with Crippen LogP contribution in [0, 0.1) is 42.7 Å². The van der Waals surface area contributed by atoms with Gasteiger partial charge in [0.15, 0.2) is 17.2 Å². The molecule has 1 atom stereocenters. The predicted molar refractivity (Wildman–Crippen MR) is 108 cm³/mol. The number of imidazole rings is 1. The third kappa shape index (κ3) is 4.33. The van der Waals surface area contributed by atoms with Crippen LogP contribution in [0.4, 0.5) is 8.78 Å². The number of nitriles is 1. The number of nitrogens with zero attached hydrogens (tertiary/aromatic N) is 3. The molecular weight excluding hydrogens is 388 g/mol. The number of rotatable bonds is 8. The Bertz CT molecular complexity index is 1110. The quantitative estimate of drug-likeness (QED) is 0.471. The highest BCUT2D eigenvalue weighted by atomic mass is 19.1. The number of ketones is 1. The highest BCUT2D eigenvalue weighted by Gasteiger charge is 2.22. The molecule has 1 aromatic carbocycles. The van der Waals surface area contributed by atoms with Crippen molar-refractivity contribution in [2.24, 2.45) is 5.92 Å². The lowest BCUT2D eigenvalue weighted by molar-refractivity contribution is 0.0954. The molecule has 1 unspecified atom stereocenters. The van der Waals surface area contributed by atoms with Crippen LogP contribution in [0.1, 0.15) is 53.5 Å². The first-order chi connectivity index (χ1) is 14.3. The van der Waals surface area contributed by atoms with Gasteiger partial charge in [0.05, 0.1) is 17.3 Å². The predicted octanol–water partition coefficient (Wildman–Crippen LogP) is 5.32. The van der Waals surface area contributed by atoms with Crippen molar-refractivity contribution in [2.75, 3.05) is 0 Å². The average molecular weight is 411 g/mol. The first kappa shape index (κ1) is 21.4. The van der Waals surface area contributed by atoms with Crippen LogP contribution in [0.2, 0.25) is 0 Å². The highest BCUT2D eigenvalue weighted by molar-refractivity contribution is 5.97. The number of pyridine rings is 1. The summed E-state index contributed by atoms with van der Waals surface area (Å²) in [6, 6.07) is 7.49. The Morgan fingerprint density at radius 3 is 2.63 bits per heavy atom. The van der Waals surface area contributed by atoms with Crippen LogP contribution in [-0.2, 0) is 6.61 Å². The largest absolute Gasteiger partial charge is 0.485 e. The number of Topliss-reactive ketones (excluding diaryl/α,β-unsaturated/α-hetero) is 1. The van der Waals surface area contributed by atoms with Gasteiger partial charge in [-0.1, -0.05) is 19.4 Å². The summed E-state index contributed by atoms with van der Waals surface area (Å²) in [5.74, 6) is -1.14. The molecule has 0 bridgehead atoms. The smallest absolute Gasteiger partial charge is 0.181 e. The number of hydrogen-bond donors (Lipinski definition) is 0. The van der Waals surface area contributed by atoms with Crippen molar-refractivity contribution in [1.29, 1.82) is 5.26 Å². The van der Waals surface area contributed by atoms with Gasteiger partial charge in [-0.25, -0.2) is 13.8 Å². The normalized spacial score (nSPS) is 12.0. The number of benzene rings is 1. The van der Waals surface area contributed by atoms with Crippen LogP contribution >= 0.6 is 0 Å². The molecule has 7 heteroatoms. The summed E-state index contributed by atoms with van der Waals surface area (Å²) < 4.78 is 35.2. The fourth-order valence-electron chi connectivity index (χ4n) is 3.47. The SMILES string of the molecule is CCC(CC#N)CC(=O)c1c(C)nc2c(OCc3c(F)cccc3F)cc(C)cn12. The average Bonchev–Trinajstić information content (AvgIpc) is 3.02. The lowest BCUT2D eigenvalue weighted by Crippen LogP contribution is -2.12. The van der Waals surface area contributed by atoms with Gasteiger partial charge in [0.25, 0.3) is 0 Å². The molecule has 156 valence electrons. The van der Waals surface area contributed by atoms with Crippen molar-refractivity contribution in [1.82, 2.24) is 9.38 Å². The second-order valence-corrected chi connectivity index (χ2v) is 7.37. The number of hydrogen-bond acceptors (Lipinski definition) is 4. The third-order valence-corrected chi connectivity index (χ3v) is 5.13. The Morgan fingerprint density at radius 2 is 2.00 bits per heavy atom. The summed E-state index contributed by atoms with van der Waals surface area (Å²) in [5.41, 5.74) is 2.03. The maximum Gasteiger partial charge on any atom is 0.181 e. The first-order valence-electron chi connectivity index (χ1n) is 9.80. The van der Waals surface area contributed by atoms with E-state index >= 15 is 0 Å². The Labute approximate surface area is 173 Å². The zero-order valence-corrected chi connectivity index (χ0v) is 17.2. The van der Waals surface area contributed by atoms with E-state index in [-0.39, 0.29) is 30.3 Å². The third-order valence-electron chi connectivity index (χ3n) is 5.13. The van der Waals surface area contributed by atoms with Crippen LogP contribution in [0.3, 0.4) is 0 Å². The minimum Gasteiger partial charge on any atom is -0.485 e. The molecular formula is C23H23F2N3O2. The first-order valence-corrected chi connectivity index (χ1v) is 9.80. The molecule has 0 aliphatic rings. The summed E-state index contributed by atoms with van der Waals surface area (Å²) in [6.45, 7) is 5.23. The van der Waals surface area contributed by atoms with Gasteiger partial charge in [-0.05, 0) is 43.5 Å². The molecule has 2 heterocycles. The van der Waals surface area contributed by atoms with Crippen LogP contribution in [0.5, 0.6) is 5.75 Å². The minimum absolute atomic E-state index is 0.0167. The molecule has 30 heavy (non-hydrogen) atoms. The summed E-state index contributed by atoms with van der Waals surface area (Å²) in [6.07, 6.45) is 3.09. The fraction of sp³-hybridized carbons (Fsp3) is 0.348. The summed E-state index contributed by atoms with van der Waals surface area (Å²) in [7, 11) is 0. The maximum absolute atomic E-state index is 13.9. The summed E-state index contributed by atoms with van der Waals surface area (Å²) >= 11 is 0. The lowest BCUT2D eigenvalue weighted by atomic mass is 9.95. The molecule has 0 saturated heterocycles. The van der Waals surface area contributed by atoms with Crippen molar-refractivity contribution in [3.8, 4) is 11.8 Å². The second kappa shape index (κ2) is 9.04. The summed E-state index contributed by atoms with van der Waals surface area (Å²) in [5, 5.41) is 8.95. The molecule has 0 amide bonds. The molecule has 0 fully saturated rings. The Balaban J connectivity index is 1.96. The van der Waals surface area contributed by atoms with Crippen LogP contribution in [0.25, 0.3) is 5.65 Å². The topological polar surface area (TPSA) is 67.4 Å². The van der Waals surface area contributed by atoms with Gasteiger partial charge in [-0.15, -0.1) is 0 Å². The number of fused-ring (bicyclic) bond motifs is 1. The molecule has 3 rings (SSSR count). The Hall–Kier alpha value is -3.27. The van der Waals surface area contributed by atoms with Gasteiger partial charge in [-0.2, -0.15) is 5.26 Å². The van der Waals surface area contributed by atoms with Crippen molar-refractivity contribution < 1.29 is 18.3 Å². The van der Waals surface area contributed by atoms with Crippen molar-refractivity contribution in [3.05, 3.63) is 64.6 Å². The van der Waals surface area contributed by atoms with E-state index in [1.807, 2.05) is 13.8 Å². The Kier molecular flexibility index (Phi) is 6.46.